The molecule has 2 nitrogen and oxygen atoms in total. The summed E-state index contributed by atoms with van der Waals surface area (Å²) in [5.41, 5.74) is 0.836. The van der Waals surface area contributed by atoms with Crippen LogP contribution in [0.2, 0.25) is 0 Å². The number of aryl methyl sites for hydroxylation is 1. The maximum Gasteiger partial charge on any atom is 0.164 e. The molecular formula is C9H11FO2. The lowest BCUT2D eigenvalue weighted by molar-refractivity contribution is 0.288. The van der Waals surface area contributed by atoms with E-state index in [1.54, 1.807) is 6.07 Å². The molecule has 1 aromatic rings. The molecule has 66 valence electrons. The van der Waals surface area contributed by atoms with Crippen molar-refractivity contribution in [3.8, 4) is 5.75 Å². The largest absolute Gasteiger partial charge is 0.505 e. The second kappa shape index (κ2) is 4.07. The summed E-state index contributed by atoms with van der Waals surface area (Å²) in [5.74, 6) is -0.937. The van der Waals surface area contributed by atoms with Crippen LogP contribution >= 0.6 is 0 Å². The first kappa shape index (κ1) is 9.00. The highest BCUT2D eigenvalue weighted by molar-refractivity contribution is 5.28. The Balaban J connectivity index is 2.69. The van der Waals surface area contributed by atoms with Crippen molar-refractivity contribution in [1.29, 1.82) is 0 Å². The fourth-order valence-corrected chi connectivity index (χ4v) is 0.997. The van der Waals surface area contributed by atoms with E-state index in [9.17, 15) is 4.39 Å². The Morgan fingerprint density at radius 1 is 1.33 bits per heavy atom. The highest BCUT2D eigenvalue weighted by Crippen LogP contribution is 2.17. The van der Waals surface area contributed by atoms with Crippen molar-refractivity contribution in [2.45, 2.75) is 12.8 Å². The van der Waals surface area contributed by atoms with Gasteiger partial charge in [0.15, 0.2) is 11.6 Å². The molecule has 2 N–H and O–H groups in total. The molecule has 0 fully saturated rings. The first-order valence-electron chi connectivity index (χ1n) is 3.82. The molecule has 0 saturated carbocycles. The van der Waals surface area contributed by atoms with Crippen LogP contribution in [0.25, 0.3) is 0 Å². The van der Waals surface area contributed by atoms with Gasteiger partial charge in [0.25, 0.3) is 0 Å². The number of phenols is 1. The van der Waals surface area contributed by atoms with Gasteiger partial charge < -0.3 is 10.2 Å². The Kier molecular flexibility index (Phi) is 3.05. The Morgan fingerprint density at radius 2 is 2.08 bits per heavy atom. The fourth-order valence-electron chi connectivity index (χ4n) is 0.997. The number of aromatic hydroxyl groups is 1. The summed E-state index contributed by atoms with van der Waals surface area (Å²) >= 11 is 0. The molecule has 1 aromatic carbocycles. The SMILES string of the molecule is OCCCc1ccc(F)c(O)c1. The van der Waals surface area contributed by atoms with Crippen LogP contribution in [-0.4, -0.2) is 16.8 Å². The number of rotatable bonds is 3. The first-order valence-corrected chi connectivity index (χ1v) is 3.82. The number of benzene rings is 1. The molecule has 0 aliphatic rings. The third kappa shape index (κ3) is 2.20. The topological polar surface area (TPSA) is 40.5 Å². The highest BCUT2D eigenvalue weighted by Gasteiger charge is 2.00. The van der Waals surface area contributed by atoms with Gasteiger partial charge in [-0.05, 0) is 30.5 Å². The van der Waals surface area contributed by atoms with E-state index in [0.29, 0.717) is 12.8 Å². The Labute approximate surface area is 70.3 Å². The molecular weight excluding hydrogens is 159 g/mol. The van der Waals surface area contributed by atoms with Gasteiger partial charge in [-0.25, -0.2) is 4.39 Å². The van der Waals surface area contributed by atoms with Crippen LogP contribution in [0.1, 0.15) is 12.0 Å². The van der Waals surface area contributed by atoms with Crippen LogP contribution in [0, 0.1) is 5.82 Å². The summed E-state index contributed by atoms with van der Waals surface area (Å²) in [5, 5.41) is 17.5. The molecule has 0 aromatic heterocycles. The van der Waals surface area contributed by atoms with Gasteiger partial charge in [0.1, 0.15) is 0 Å². The van der Waals surface area contributed by atoms with Gasteiger partial charge >= 0.3 is 0 Å². The molecule has 0 radical (unpaired) electrons. The van der Waals surface area contributed by atoms with Crippen LogP contribution in [-0.2, 0) is 6.42 Å². The van der Waals surface area contributed by atoms with Gasteiger partial charge in [-0.15, -0.1) is 0 Å². The van der Waals surface area contributed by atoms with E-state index in [0.717, 1.165) is 5.56 Å². The van der Waals surface area contributed by atoms with Crippen LogP contribution in [0.15, 0.2) is 18.2 Å². The minimum Gasteiger partial charge on any atom is -0.505 e. The predicted molar refractivity (Wildman–Crippen MR) is 43.5 cm³/mol. The lowest BCUT2D eigenvalue weighted by atomic mass is 10.1. The van der Waals surface area contributed by atoms with Crippen LogP contribution in [0.4, 0.5) is 4.39 Å². The zero-order chi connectivity index (χ0) is 8.97. The Bertz CT molecular complexity index is 261. The molecule has 0 amide bonds. The van der Waals surface area contributed by atoms with Crippen LogP contribution in [0.5, 0.6) is 5.75 Å². The molecule has 0 unspecified atom stereocenters. The van der Waals surface area contributed by atoms with E-state index in [2.05, 4.69) is 0 Å². The summed E-state index contributed by atoms with van der Waals surface area (Å²) in [6.45, 7) is 0.109. The third-order valence-corrected chi connectivity index (χ3v) is 1.63. The number of aliphatic hydroxyl groups is 1. The van der Waals surface area contributed by atoms with Crippen LogP contribution < -0.4 is 0 Å². The standard InChI is InChI=1S/C9H11FO2/c10-8-4-3-7(2-1-5-11)6-9(8)12/h3-4,6,11-12H,1-2,5H2. The van der Waals surface area contributed by atoms with E-state index in [-0.39, 0.29) is 12.4 Å². The van der Waals surface area contributed by atoms with Gasteiger partial charge in [0.2, 0.25) is 0 Å². The van der Waals surface area contributed by atoms with Crippen molar-refractivity contribution in [2.75, 3.05) is 6.61 Å². The number of phenolic OH excluding ortho intramolecular Hbond substituents is 1. The molecule has 0 heterocycles. The van der Waals surface area contributed by atoms with E-state index < -0.39 is 5.82 Å². The molecule has 0 aliphatic heterocycles. The van der Waals surface area contributed by atoms with Crippen molar-refractivity contribution in [1.82, 2.24) is 0 Å². The van der Waals surface area contributed by atoms with E-state index in [1.807, 2.05) is 0 Å². The smallest absolute Gasteiger partial charge is 0.164 e. The number of aliphatic hydroxyl groups excluding tert-OH is 1. The number of halogens is 1. The van der Waals surface area contributed by atoms with Crippen molar-refractivity contribution >= 4 is 0 Å². The van der Waals surface area contributed by atoms with Crippen molar-refractivity contribution in [3.63, 3.8) is 0 Å². The minimum absolute atomic E-state index is 0.109. The summed E-state index contributed by atoms with van der Waals surface area (Å²) < 4.78 is 12.5. The van der Waals surface area contributed by atoms with Crippen molar-refractivity contribution in [3.05, 3.63) is 29.6 Å². The zero-order valence-corrected chi connectivity index (χ0v) is 6.63. The summed E-state index contributed by atoms with van der Waals surface area (Å²) in [6, 6.07) is 4.21. The molecule has 0 aliphatic carbocycles. The average molecular weight is 170 g/mol. The summed E-state index contributed by atoms with van der Waals surface area (Å²) in [4.78, 5) is 0. The summed E-state index contributed by atoms with van der Waals surface area (Å²) in [7, 11) is 0. The Morgan fingerprint density at radius 3 is 2.67 bits per heavy atom. The number of hydrogen-bond donors (Lipinski definition) is 2. The highest BCUT2D eigenvalue weighted by atomic mass is 19.1. The summed E-state index contributed by atoms with van der Waals surface area (Å²) in [6.07, 6.45) is 1.29. The van der Waals surface area contributed by atoms with Crippen molar-refractivity contribution < 1.29 is 14.6 Å². The molecule has 0 atom stereocenters. The third-order valence-electron chi connectivity index (χ3n) is 1.63. The van der Waals surface area contributed by atoms with Gasteiger partial charge in [-0.3, -0.25) is 0 Å². The molecule has 0 bridgehead atoms. The maximum absolute atomic E-state index is 12.5. The quantitative estimate of drug-likeness (QED) is 0.720. The molecule has 12 heavy (non-hydrogen) atoms. The molecule has 3 heteroatoms. The van der Waals surface area contributed by atoms with Gasteiger partial charge in [-0.1, -0.05) is 6.07 Å². The fraction of sp³-hybridized carbons (Fsp3) is 0.333. The normalized spacial score (nSPS) is 10.2. The lowest BCUT2D eigenvalue weighted by Crippen LogP contribution is -1.89. The maximum atomic E-state index is 12.5. The van der Waals surface area contributed by atoms with E-state index in [4.69, 9.17) is 10.2 Å². The molecule has 0 spiro atoms. The monoisotopic (exact) mass is 170 g/mol. The Hall–Kier alpha value is -1.09. The number of hydrogen-bond acceptors (Lipinski definition) is 2. The van der Waals surface area contributed by atoms with E-state index >= 15 is 0 Å². The zero-order valence-electron chi connectivity index (χ0n) is 6.63. The first-order chi connectivity index (χ1) is 5.74. The van der Waals surface area contributed by atoms with Crippen molar-refractivity contribution in [2.24, 2.45) is 0 Å². The molecule has 0 saturated heterocycles. The van der Waals surface area contributed by atoms with Gasteiger partial charge in [0, 0.05) is 6.61 Å². The van der Waals surface area contributed by atoms with Gasteiger partial charge in [-0.2, -0.15) is 0 Å². The van der Waals surface area contributed by atoms with Gasteiger partial charge in [0.05, 0.1) is 0 Å². The lowest BCUT2D eigenvalue weighted by Gasteiger charge is -2.00. The minimum atomic E-state index is -0.609. The van der Waals surface area contributed by atoms with E-state index in [1.165, 1.54) is 12.1 Å². The predicted octanol–water partition coefficient (Wildman–Crippen LogP) is 1.46. The second-order valence-corrected chi connectivity index (χ2v) is 2.61. The molecule has 1 rings (SSSR count). The van der Waals surface area contributed by atoms with Crippen LogP contribution in [0.3, 0.4) is 0 Å². The average Bonchev–Trinajstić information content (AvgIpc) is 2.07. The second-order valence-electron chi connectivity index (χ2n) is 2.61.